The Balaban J connectivity index is 0.000000292. The van der Waals surface area contributed by atoms with Gasteiger partial charge in [0.2, 0.25) is 0 Å². The van der Waals surface area contributed by atoms with Crippen LogP contribution < -0.4 is 5.32 Å². The van der Waals surface area contributed by atoms with Crippen molar-refractivity contribution < 1.29 is 0 Å². The second kappa shape index (κ2) is 9.62. The molecule has 0 atom stereocenters. The summed E-state index contributed by atoms with van der Waals surface area (Å²) in [5.74, 6) is 0. The molecule has 5 aromatic rings. The molecule has 0 amide bonds. The number of rotatable bonds is 4. The summed E-state index contributed by atoms with van der Waals surface area (Å²) in [5.41, 5.74) is 8.77. The Morgan fingerprint density at radius 3 is 2.44 bits per heavy atom. The highest BCUT2D eigenvalue weighted by Gasteiger charge is 2.17. The smallest absolute Gasteiger partial charge is 0.116 e. The predicted molar refractivity (Wildman–Crippen MR) is 145 cm³/mol. The molecule has 2 aromatic heterocycles. The number of aromatic amines is 2. The number of nitrogens with zero attached hydrogens (tertiary/aromatic N) is 3. The fourth-order valence-corrected chi connectivity index (χ4v) is 5.22. The van der Waals surface area contributed by atoms with Gasteiger partial charge in [-0.2, -0.15) is 10.4 Å². The van der Waals surface area contributed by atoms with Crippen molar-refractivity contribution in [2.45, 2.75) is 31.8 Å². The average molecular weight is 475 g/mol. The molecule has 2 bridgehead atoms. The predicted octanol–water partition coefficient (Wildman–Crippen LogP) is 5.36. The topological polar surface area (TPSA) is 83.5 Å². The highest BCUT2D eigenvalue weighted by molar-refractivity contribution is 5.96. The van der Waals surface area contributed by atoms with Gasteiger partial charge in [-0.05, 0) is 86.4 Å². The number of H-pyrrole nitrogens is 2. The third kappa shape index (κ3) is 4.51. The average Bonchev–Trinajstić information content (AvgIpc) is 3.53. The molecule has 3 N–H and O–H groups in total. The SMILES string of the molecule is CN1CCC(NCc2cccc3[nH]c(-c4n[nH]c5cc(C#N)ccc45)cc23)CC1.c1cc2cc(c1)C2. The number of nitriles is 1. The number of piperidine rings is 1. The Kier molecular flexibility index (Phi) is 6.02. The quantitative estimate of drug-likeness (QED) is 0.321. The van der Waals surface area contributed by atoms with Crippen LogP contribution >= 0.6 is 0 Å². The first-order chi connectivity index (χ1) is 17.7. The lowest BCUT2D eigenvalue weighted by Gasteiger charge is -2.29. The minimum Gasteiger partial charge on any atom is -0.353 e. The van der Waals surface area contributed by atoms with Crippen molar-refractivity contribution in [2.24, 2.45) is 0 Å². The molecular weight excluding hydrogens is 444 g/mol. The normalized spacial score (nSPS) is 15.3. The maximum absolute atomic E-state index is 9.11. The fraction of sp³-hybridized carbons (Fsp3) is 0.267. The van der Waals surface area contributed by atoms with Crippen molar-refractivity contribution in [1.82, 2.24) is 25.4 Å². The Labute approximate surface area is 210 Å². The van der Waals surface area contributed by atoms with Gasteiger partial charge >= 0.3 is 0 Å². The maximum Gasteiger partial charge on any atom is 0.116 e. The molecule has 36 heavy (non-hydrogen) atoms. The van der Waals surface area contributed by atoms with Crippen molar-refractivity contribution in [3.05, 3.63) is 89.0 Å². The molecule has 3 heterocycles. The Bertz CT molecular complexity index is 1540. The molecule has 1 saturated heterocycles. The van der Waals surface area contributed by atoms with Crippen LogP contribution in [-0.4, -0.2) is 46.3 Å². The van der Waals surface area contributed by atoms with Gasteiger partial charge in [0.25, 0.3) is 0 Å². The summed E-state index contributed by atoms with van der Waals surface area (Å²) in [6.07, 6.45) is 3.63. The van der Waals surface area contributed by atoms with Gasteiger partial charge in [-0.15, -0.1) is 0 Å². The summed E-state index contributed by atoms with van der Waals surface area (Å²) in [4.78, 5) is 5.91. The van der Waals surface area contributed by atoms with Gasteiger partial charge < -0.3 is 15.2 Å². The number of nitrogens with one attached hydrogen (secondary N) is 3. The van der Waals surface area contributed by atoms with Crippen LogP contribution in [-0.2, 0) is 13.0 Å². The largest absolute Gasteiger partial charge is 0.353 e. The lowest BCUT2D eigenvalue weighted by Crippen LogP contribution is -2.40. The molecule has 6 nitrogen and oxygen atoms in total. The summed E-state index contributed by atoms with van der Waals surface area (Å²) < 4.78 is 0. The molecule has 0 saturated carbocycles. The monoisotopic (exact) mass is 474 g/mol. The van der Waals surface area contributed by atoms with Crippen molar-refractivity contribution in [3.63, 3.8) is 0 Å². The van der Waals surface area contributed by atoms with E-state index in [-0.39, 0.29) is 0 Å². The van der Waals surface area contributed by atoms with Crippen LogP contribution in [0.3, 0.4) is 0 Å². The van der Waals surface area contributed by atoms with Crippen LogP contribution in [0.15, 0.2) is 66.7 Å². The fourth-order valence-electron chi connectivity index (χ4n) is 5.22. The van der Waals surface area contributed by atoms with Crippen LogP contribution in [0.25, 0.3) is 33.2 Å². The molecule has 8 rings (SSSR count). The Hall–Kier alpha value is -3.92. The van der Waals surface area contributed by atoms with Crippen molar-refractivity contribution in [3.8, 4) is 17.5 Å². The number of benzene rings is 3. The van der Waals surface area contributed by atoms with E-state index in [9.17, 15) is 0 Å². The first kappa shape index (κ1) is 22.5. The van der Waals surface area contributed by atoms with Crippen LogP contribution in [0.1, 0.15) is 35.1 Å². The van der Waals surface area contributed by atoms with E-state index in [1.807, 2.05) is 18.2 Å². The molecule has 2 aliphatic carbocycles. The first-order valence-electron chi connectivity index (χ1n) is 12.7. The zero-order chi connectivity index (χ0) is 24.5. The molecule has 1 aliphatic heterocycles. The van der Waals surface area contributed by atoms with Crippen LogP contribution in [0, 0.1) is 11.3 Å². The third-order valence-electron chi connectivity index (χ3n) is 7.40. The molecule has 0 spiro atoms. The Morgan fingerprint density at radius 1 is 0.972 bits per heavy atom. The van der Waals surface area contributed by atoms with Crippen LogP contribution in [0.5, 0.6) is 0 Å². The molecule has 6 heteroatoms. The van der Waals surface area contributed by atoms with Crippen LogP contribution in [0.2, 0.25) is 0 Å². The molecule has 3 aliphatic rings. The minimum atomic E-state index is 0.587. The van der Waals surface area contributed by atoms with E-state index in [1.54, 1.807) is 0 Å². The summed E-state index contributed by atoms with van der Waals surface area (Å²) in [6, 6.07) is 25.6. The van der Waals surface area contributed by atoms with Gasteiger partial charge in [-0.3, -0.25) is 5.10 Å². The second-order valence-electron chi connectivity index (χ2n) is 9.96. The lowest BCUT2D eigenvalue weighted by molar-refractivity contribution is 0.234. The van der Waals surface area contributed by atoms with Gasteiger partial charge in [0.05, 0.1) is 22.8 Å². The molecule has 1 fully saturated rings. The van der Waals surface area contributed by atoms with E-state index < -0.39 is 0 Å². The summed E-state index contributed by atoms with van der Waals surface area (Å²) in [7, 11) is 2.19. The Morgan fingerprint density at radius 2 is 1.75 bits per heavy atom. The number of aromatic nitrogens is 3. The number of likely N-dealkylation sites (tertiary alicyclic amines) is 1. The number of hydrogen-bond acceptors (Lipinski definition) is 4. The van der Waals surface area contributed by atoms with Gasteiger partial charge in [-0.25, -0.2) is 0 Å². The molecule has 3 aromatic carbocycles. The van der Waals surface area contributed by atoms with E-state index in [0.29, 0.717) is 11.6 Å². The van der Waals surface area contributed by atoms with E-state index >= 15 is 0 Å². The summed E-state index contributed by atoms with van der Waals surface area (Å²) in [6.45, 7) is 3.20. The molecular formula is C30H30N6. The van der Waals surface area contributed by atoms with Gasteiger partial charge in [0.15, 0.2) is 0 Å². The summed E-state index contributed by atoms with van der Waals surface area (Å²) in [5, 5.41) is 22.7. The van der Waals surface area contributed by atoms with Gasteiger partial charge in [0.1, 0.15) is 5.69 Å². The number of hydrogen-bond donors (Lipinski definition) is 3. The zero-order valence-corrected chi connectivity index (χ0v) is 20.5. The van der Waals surface area contributed by atoms with E-state index in [1.165, 1.54) is 41.3 Å². The molecule has 180 valence electrons. The van der Waals surface area contributed by atoms with E-state index in [4.69, 9.17) is 5.26 Å². The molecule has 0 unspecified atom stereocenters. The van der Waals surface area contributed by atoms with E-state index in [0.717, 1.165) is 47.4 Å². The minimum absolute atomic E-state index is 0.587. The van der Waals surface area contributed by atoms with Gasteiger partial charge in [-0.1, -0.05) is 36.4 Å². The first-order valence-corrected chi connectivity index (χ1v) is 12.7. The second-order valence-corrected chi connectivity index (χ2v) is 9.96. The van der Waals surface area contributed by atoms with Crippen molar-refractivity contribution in [1.29, 1.82) is 5.26 Å². The number of fused-ring (bicyclic) bond motifs is 4. The van der Waals surface area contributed by atoms with Crippen LogP contribution in [0.4, 0.5) is 0 Å². The van der Waals surface area contributed by atoms with Gasteiger partial charge in [0, 0.05) is 28.9 Å². The highest BCUT2D eigenvalue weighted by Crippen LogP contribution is 2.30. The van der Waals surface area contributed by atoms with E-state index in [2.05, 4.69) is 87.0 Å². The standard InChI is InChI=1S/C23H24N6.C7H6/c1-29-9-7-17(8-10-29)25-14-16-3-2-4-20-19(16)12-22(26-20)23-18-6-5-15(13-24)11-21(18)27-28-23;1-2-6-4-7(3-1)5-6/h2-6,11-12,17,25-26H,7-10,14H2,1H3,(H,27,28);1-4H,5H2. The lowest BCUT2D eigenvalue weighted by atomic mass is 9.94. The van der Waals surface area contributed by atoms with Crippen molar-refractivity contribution in [2.75, 3.05) is 20.1 Å². The van der Waals surface area contributed by atoms with Crippen molar-refractivity contribution >= 4 is 21.8 Å². The zero-order valence-electron chi connectivity index (χ0n) is 20.5. The third-order valence-corrected chi connectivity index (χ3v) is 7.40. The highest BCUT2D eigenvalue weighted by atomic mass is 15.1. The molecule has 0 radical (unpaired) electrons. The maximum atomic E-state index is 9.11. The summed E-state index contributed by atoms with van der Waals surface area (Å²) >= 11 is 0.